The maximum absolute atomic E-state index is 12.2. The van der Waals surface area contributed by atoms with Gasteiger partial charge in [0.25, 0.3) is 0 Å². The van der Waals surface area contributed by atoms with E-state index in [0.29, 0.717) is 5.69 Å². The first-order valence-electron chi connectivity index (χ1n) is 7.36. The van der Waals surface area contributed by atoms with E-state index in [2.05, 4.69) is 5.10 Å². The maximum Gasteiger partial charge on any atom is 0.357 e. The number of carbonyl (C=O) groups is 1. The predicted octanol–water partition coefficient (Wildman–Crippen LogP) is 2.61. The van der Waals surface area contributed by atoms with Crippen molar-refractivity contribution in [2.45, 2.75) is 11.8 Å². The lowest BCUT2D eigenvalue weighted by Gasteiger charge is -2.12. The Kier molecular flexibility index (Phi) is 4.11. The summed E-state index contributed by atoms with van der Waals surface area (Å²) in [4.78, 5) is 12.2. The predicted molar refractivity (Wildman–Crippen MR) is 90.1 cm³/mol. The molecule has 3 aromatic rings. The summed E-state index contributed by atoms with van der Waals surface area (Å²) in [6.45, 7) is 1.93. The summed E-state index contributed by atoms with van der Waals surface area (Å²) in [6, 6.07) is 12.2. The van der Waals surface area contributed by atoms with Crippen molar-refractivity contribution in [3.63, 3.8) is 0 Å². The second-order valence-corrected chi connectivity index (χ2v) is 7.27. The van der Waals surface area contributed by atoms with Gasteiger partial charge < -0.3 is 4.74 Å². The molecule has 2 aromatic carbocycles. The number of esters is 1. The maximum atomic E-state index is 12.2. The number of fused-ring (bicyclic) bond motifs is 1. The highest BCUT2D eigenvalue weighted by Crippen LogP contribution is 2.27. The normalized spacial score (nSPS) is 11.6. The molecule has 0 saturated carbocycles. The lowest BCUT2D eigenvalue weighted by atomic mass is 10.1. The van der Waals surface area contributed by atoms with E-state index in [1.54, 1.807) is 19.1 Å². The van der Waals surface area contributed by atoms with E-state index in [1.807, 2.05) is 24.3 Å². The highest BCUT2D eigenvalue weighted by molar-refractivity contribution is 7.90. The van der Waals surface area contributed by atoms with Crippen LogP contribution in [0, 0.1) is 0 Å². The summed E-state index contributed by atoms with van der Waals surface area (Å²) >= 11 is 0. The molecule has 1 aromatic heterocycles. The molecule has 0 spiro atoms. The molecular weight excluding hydrogens is 328 g/mol. The molecular formula is C17H16N2O4S. The van der Waals surface area contributed by atoms with Gasteiger partial charge in [-0.1, -0.05) is 24.3 Å². The van der Waals surface area contributed by atoms with Crippen molar-refractivity contribution in [3.8, 4) is 5.69 Å². The van der Waals surface area contributed by atoms with Crippen LogP contribution in [0.15, 0.2) is 53.6 Å². The lowest BCUT2D eigenvalue weighted by molar-refractivity contribution is 0.0515. The lowest BCUT2D eigenvalue weighted by Crippen LogP contribution is -2.14. The highest BCUT2D eigenvalue weighted by Gasteiger charge is 2.21. The van der Waals surface area contributed by atoms with Crippen LogP contribution in [0.25, 0.3) is 16.5 Å². The molecule has 7 heteroatoms. The molecule has 0 bridgehead atoms. The Morgan fingerprint density at radius 2 is 1.83 bits per heavy atom. The average molecular weight is 344 g/mol. The van der Waals surface area contributed by atoms with Gasteiger partial charge in [-0.25, -0.2) is 17.9 Å². The van der Waals surface area contributed by atoms with E-state index in [-0.39, 0.29) is 17.2 Å². The van der Waals surface area contributed by atoms with Gasteiger partial charge in [0.1, 0.15) is 0 Å². The minimum absolute atomic E-state index is 0.107. The Hall–Kier alpha value is -2.67. The quantitative estimate of drug-likeness (QED) is 0.680. The first-order valence-corrected chi connectivity index (χ1v) is 9.25. The van der Waals surface area contributed by atoms with Crippen molar-refractivity contribution in [1.82, 2.24) is 9.78 Å². The van der Waals surface area contributed by atoms with Gasteiger partial charge in [0.15, 0.2) is 15.5 Å². The van der Waals surface area contributed by atoms with Crippen molar-refractivity contribution in [2.24, 2.45) is 0 Å². The van der Waals surface area contributed by atoms with Gasteiger partial charge in [-0.05, 0) is 35.9 Å². The molecule has 0 atom stereocenters. The molecule has 0 aliphatic rings. The molecule has 0 fully saturated rings. The number of hydrogen-bond donors (Lipinski definition) is 0. The van der Waals surface area contributed by atoms with Crippen molar-refractivity contribution >= 4 is 26.6 Å². The molecule has 0 saturated heterocycles. The average Bonchev–Trinajstić information content (AvgIpc) is 3.02. The van der Waals surface area contributed by atoms with Gasteiger partial charge in [-0.2, -0.15) is 5.10 Å². The minimum atomic E-state index is -3.52. The summed E-state index contributed by atoms with van der Waals surface area (Å²) in [5.74, 6) is -0.553. The molecule has 0 aliphatic carbocycles. The molecule has 1 heterocycles. The summed E-state index contributed by atoms with van der Waals surface area (Å²) in [7, 11) is -3.52. The Labute approximate surface area is 139 Å². The van der Waals surface area contributed by atoms with E-state index in [9.17, 15) is 13.2 Å². The number of sulfone groups is 1. The van der Waals surface area contributed by atoms with E-state index in [0.717, 1.165) is 17.0 Å². The molecule has 3 rings (SSSR count). The van der Waals surface area contributed by atoms with Crippen LogP contribution in [0.2, 0.25) is 0 Å². The Morgan fingerprint density at radius 3 is 2.46 bits per heavy atom. The van der Waals surface area contributed by atoms with E-state index >= 15 is 0 Å². The zero-order valence-corrected chi connectivity index (χ0v) is 14.1. The van der Waals surface area contributed by atoms with Gasteiger partial charge in [-0.3, -0.25) is 0 Å². The summed E-state index contributed by atoms with van der Waals surface area (Å²) < 4.78 is 30.8. The number of hydrogen-bond acceptors (Lipinski definition) is 5. The van der Waals surface area contributed by atoms with Crippen molar-refractivity contribution in [1.29, 1.82) is 0 Å². The van der Waals surface area contributed by atoms with Crippen LogP contribution in [0.3, 0.4) is 0 Å². The molecule has 6 nitrogen and oxygen atoms in total. The van der Waals surface area contributed by atoms with E-state index in [1.165, 1.54) is 16.9 Å². The zero-order valence-electron chi connectivity index (χ0n) is 13.3. The molecule has 124 valence electrons. The number of benzene rings is 2. The summed E-state index contributed by atoms with van der Waals surface area (Å²) in [5, 5.41) is 5.77. The van der Waals surface area contributed by atoms with Crippen molar-refractivity contribution < 1.29 is 17.9 Å². The summed E-state index contributed by atoms with van der Waals surface area (Å²) in [6.07, 6.45) is 2.57. The minimum Gasteiger partial charge on any atom is -0.461 e. The van der Waals surface area contributed by atoms with E-state index < -0.39 is 15.8 Å². The van der Waals surface area contributed by atoms with Gasteiger partial charge in [0.05, 0.1) is 23.4 Å². The summed E-state index contributed by atoms with van der Waals surface area (Å²) in [5.41, 5.74) is 0.501. The Balaban J connectivity index is 2.30. The standard InChI is InChI=1S/C17H16N2O4S/c1-3-23-17(20)14-8-9-18-19(14)15-10-12-6-4-5-7-13(12)11-16(15)24(2,21)22/h4-11H,3H2,1-2H3. The fourth-order valence-electron chi connectivity index (χ4n) is 2.52. The first-order chi connectivity index (χ1) is 11.4. The van der Waals surface area contributed by atoms with Gasteiger partial charge in [0, 0.05) is 6.26 Å². The number of nitrogens with zero attached hydrogens (tertiary/aromatic N) is 2. The van der Waals surface area contributed by atoms with Crippen molar-refractivity contribution in [2.75, 3.05) is 12.9 Å². The molecule has 0 amide bonds. The fraction of sp³-hybridized carbons (Fsp3) is 0.176. The van der Waals surface area contributed by atoms with Crippen molar-refractivity contribution in [3.05, 3.63) is 54.4 Å². The number of aromatic nitrogens is 2. The largest absolute Gasteiger partial charge is 0.461 e. The van der Waals surface area contributed by atoms with Crippen LogP contribution in [-0.4, -0.2) is 37.0 Å². The zero-order chi connectivity index (χ0) is 17.3. The second kappa shape index (κ2) is 6.09. The highest BCUT2D eigenvalue weighted by atomic mass is 32.2. The van der Waals surface area contributed by atoms with Crippen LogP contribution >= 0.6 is 0 Å². The molecule has 0 unspecified atom stereocenters. The first kappa shape index (κ1) is 16.2. The number of rotatable bonds is 4. The molecule has 0 aliphatic heterocycles. The molecule has 0 N–H and O–H groups in total. The monoisotopic (exact) mass is 344 g/mol. The number of carbonyl (C=O) groups excluding carboxylic acids is 1. The van der Waals surface area contributed by atoms with Crippen LogP contribution in [0.4, 0.5) is 0 Å². The third-order valence-corrected chi connectivity index (χ3v) is 4.71. The smallest absolute Gasteiger partial charge is 0.357 e. The van der Waals surface area contributed by atoms with Gasteiger partial charge >= 0.3 is 5.97 Å². The van der Waals surface area contributed by atoms with Crippen LogP contribution in [0.5, 0.6) is 0 Å². The van der Waals surface area contributed by atoms with Crippen LogP contribution in [0.1, 0.15) is 17.4 Å². The van der Waals surface area contributed by atoms with Crippen LogP contribution in [-0.2, 0) is 14.6 Å². The Morgan fingerprint density at radius 1 is 1.17 bits per heavy atom. The molecule has 24 heavy (non-hydrogen) atoms. The third-order valence-electron chi connectivity index (χ3n) is 3.58. The molecule has 0 radical (unpaired) electrons. The van der Waals surface area contributed by atoms with Gasteiger partial charge in [-0.15, -0.1) is 0 Å². The fourth-order valence-corrected chi connectivity index (χ4v) is 3.39. The van der Waals surface area contributed by atoms with Crippen LogP contribution < -0.4 is 0 Å². The SMILES string of the molecule is CCOC(=O)c1ccnn1-c1cc2ccccc2cc1S(C)(=O)=O. The third kappa shape index (κ3) is 2.90. The van der Waals surface area contributed by atoms with Gasteiger partial charge in [0.2, 0.25) is 0 Å². The van der Waals surface area contributed by atoms with E-state index in [4.69, 9.17) is 4.74 Å². The number of ether oxygens (including phenoxy) is 1. The Bertz CT molecular complexity index is 1020. The topological polar surface area (TPSA) is 78.3 Å². The second-order valence-electron chi connectivity index (χ2n) is 5.29.